The number of fused-ring (bicyclic) bond motifs is 1. The van der Waals surface area contributed by atoms with Crippen molar-refractivity contribution in [3.63, 3.8) is 0 Å². The summed E-state index contributed by atoms with van der Waals surface area (Å²) in [4.78, 5) is 30.8. The molecule has 1 aromatic heterocycles. The van der Waals surface area contributed by atoms with Gasteiger partial charge in [-0.2, -0.15) is 0 Å². The number of rotatable bonds is 2. The smallest absolute Gasteiger partial charge is 0.330 e. The van der Waals surface area contributed by atoms with Gasteiger partial charge in [0, 0.05) is 23.7 Å². The summed E-state index contributed by atoms with van der Waals surface area (Å²) in [5.74, 6) is -0.386. The first-order chi connectivity index (χ1) is 12.6. The number of H-pyrrole nitrogens is 1. The average Bonchev–Trinajstić information content (AvgIpc) is 3.03. The number of hydrogen-bond acceptors (Lipinski definition) is 4. The second-order valence-electron chi connectivity index (χ2n) is 5.96. The number of nitrogens with one attached hydrogen (secondary N) is 1. The Balaban J connectivity index is 1.98. The molecule has 0 saturated carbocycles. The van der Waals surface area contributed by atoms with Gasteiger partial charge in [-0.15, -0.1) is 0 Å². The molecule has 2 N–H and O–H groups in total. The van der Waals surface area contributed by atoms with Gasteiger partial charge in [0.1, 0.15) is 5.56 Å². The van der Waals surface area contributed by atoms with Gasteiger partial charge in [0.15, 0.2) is 0 Å². The maximum Gasteiger partial charge on any atom is 0.330 e. The Morgan fingerprint density at radius 3 is 2.50 bits per heavy atom. The monoisotopic (exact) mass is 345 g/mol. The van der Waals surface area contributed by atoms with Crippen molar-refractivity contribution in [3.8, 4) is 5.88 Å². The van der Waals surface area contributed by atoms with Crippen LogP contribution in [0.25, 0.3) is 11.6 Å². The lowest BCUT2D eigenvalue weighted by Gasteiger charge is -2.08. The van der Waals surface area contributed by atoms with E-state index in [4.69, 9.17) is 0 Å². The van der Waals surface area contributed by atoms with Crippen LogP contribution >= 0.6 is 0 Å². The zero-order valence-electron chi connectivity index (χ0n) is 13.9. The van der Waals surface area contributed by atoms with Crippen LogP contribution in [-0.2, 0) is 7.05 Å². The normalized spacial score (nSPS) is 14.3. The maximum absolute atomic E-state index is 12.2. The van der Waals surface area contributed by atoms with Crippen LogP contribution in [0.15, 0.2) is 69.2 Å². The summed E-state index contributed by atoms with van der Waals surface area (Å²) in [5, 5.41) is 10.3. The van der Waals surface area contributed by atoms with Gasteiger partial charge >= 0.3 is 5.69 Å². The van der Waals surface area contributed by atoms with Crippen LogP contribution in [0, 0.1) is 0 Å². The summed E-state index contributed by atoms with van der Waals surface area (Å²) in [6, 6.07) is 17.2. The molecule has 1 aliphatic rings. The first-order valence-corrected chi connectivity index (χ1v) is 8.04. The number of aromatic hydroxyl groups is 1. The summed E-state index contributed by atoms with van der Waals surface area (Å²) < 4.78 is 0.994. The fraction of sp³-hybridized carbons (Fsp3) is 0.0500. The van der Waals surface area contributed by atoms with Gasteiger partial charge < -0.3 is 5.11 Å². The lowest BCUT2D eigenvalue weighted by atomic mass is 9.96. The Bertz CT molecular complexity index is 1180. The van der Waals surface area contributed by atoms with E-state index in [1.54, 1.807) is 6.08 Å². The maximum atomic E-state index is 12.2. The molecular weight excluding hydrogens is 330 g/mol. The molecule has 2 aromatic carbocycles. The molecule has 2 heterocycles. The zero-order chi connectivity index (χ0) is 18.3. The number of hydrogen-bond donors (Lipinski definition) is 2. The molecule has 0 radical (unpaired) electrons. The topological polar surface area (TPSA) is 87.4 Å². The van der Waals surface area contributed by atoms with Crippen LogP contribution in [0.3, 0.4) is 0 Å². The third-order valence-electron chi connectivity index (χ3n) is 4.35. The van der Waals surface area contributed by atoms with Gasteiger partial charge in [-0.1, -0.05) is 48.5 Å². The number of nitrogens with zero attached hydrogens (tertiary/aromatic N) is 2. The molecule has 0 fully saturated rings. The number of allylic oxidation sites excluding steroid dienone is 1. The van der Waals surface area contributed by atoms with Gasteiger partial charge in [0.2, 0.25) is 5.88 Å². The SMILES string of the molecule is Cn1c(O)c(/C=C2\C(c3ccccc3)=Nc3ccccc32)c(=O)[nH]c1=O. The molecule has 6 nitrogen and oxygen atoms in total. The van der Waals surface area contributed by atoms with Crippen LogP contribution in [0.4, 0.5) is 5.69 Å². The molecule has 128 valence electrons. The highest BCUT2D eigenvalue weighted by Gasteiger charge is 2.23. The van der Waals surface area contributed by atoms with E-state index in [9.17, 15) is 14.7 Å². The van der Waals surface area contributed by atoms with E-state index < -0.39 is 11.2 Å². The summed E-state index contributed by atoms with van der Waals surface area (Å²) in [7, 11) is 1.39. The average molecular weight is 345 g/mol. The molecule has 0 aliphatic carbocycles. The zero-order valence-corrected chi connectivity index (χ0v) is 13.9. The van der Waals surface area contributed by atoms with E-state index in [-0.39, 0.29) is 11.4 Å². The largest absolute Gasteiger partial charge is 0.494 e. The molecule has 0 amide bonds. The molecule has 0 atom stereocenters. The van der Waals surface area contributed by atoms with E-state index >= 15 is 0 Å². The number of para-hydroxylation sites is 1. The minimum absolute atomic E-state index is 0.0161. The van der Waals surface area contributed by atoms with Crippen LogP contribution in [-0.4, -0.2) is 20.4 Å². The van der Waals surface area contributed by atoms with Crippen molar-refractivity contribution in [3.05, 3.63) is 92.1 Å². The third-order valence-corrected chi connectivity index (χ3v) is 4.35. The van der Waals surface area contributed by atoms with Crippen molar-refractivity contribution in [2.45, 2.75) is 0 Å². The lowest BCUT2D eigenvalue weighted by Crippen LogP contribution is -2.29. The van der Waals surface area contributed by atoms with E-state index in [0.29, 0.717) is 11.3 Å². The van der Waals surface area contributed by atoms with Crippen LogP contribution in [0.2, 0.25) is 0 Å². The van der Waals surface area contributed by atoms with Crippen LogP contribution < -0.4 is 11.2 Å². The van der Waals surface area contributed by atoms with Crippen molar-refractivity contribution in [1.82, 2.24) is 9.55 Å². The van der Waals surface area contributed by atoms with E-state index in [1.165, 1.54) is 7.05 Å². The Hall–Kier alpha value is -3.67. The Kier molecular flexibility index (Phi) is 3.65. The van der Waals surface area contributed by atoms with E-state index in [1.807, 2.05) is 54.6 Å². The summed E-state index contributed by atoms with van der Waals surface area (Å²) in [5.41, 5.74) is 2.68. The fourth-order valence-corrected chi connectivity index (χ4v) is 2.97. The van der Waals surface area contributed by atoms with Gasteiger partial charge in [-0.05, 0) is 12.1 Å². The number of aromatic nitrogens is 2. The fourth-order valence-electron chi connectivity index (χ4n) is 2.97. The molecule has 3 aromatic rings. The van der Waals surface area contributed by atoms with Crippen LogP contribution in [0.1, 0.15) is 16.7 Å². The van der Waals surface area contributed by atoms with Gasteiger partial charge in [-0.25, -0.2) is 9.79 Å². The quantitative estimate of drug-likeness (QED) is 0.748. The predicted octanol–water partition coefficient (Wildman–Crippen LogP) is 2.45. The van der Waals surface area contributed by atoms with Gasteiger partial charge in [0.05, 0.1) is 11.4 Å². The minimum Gasteiger partial charge on any atom is -0.494 e. The molecule has 6 heteroatoms. The molecule has 0 bridgehead atoms. The number of aliphatic imine (C=N–C) groups is 1. The minimum atomic E-state index is -0.668. The summed E-state index contributed by atoms with van der Waals surface area (Å²) in [6.45, 7) is 0. The first kappa shape index (κ1) is 15.8. The van der Waals surface area contributed by atoms with Gasteiger partial charge in [-0.3, -0.25) is 14.3 Å². The second-order valence-corrected chi connectivity index (χ2v) is 5.96. The molecule has 0 saturated heterocycles. The van der Waals surface area contributed by atoms with Crippen molar-refractivity contribution >= 4 is 23.0 Å². The Morgan fingerprint density at radius 2 is 1.73 bits per heavy atom. The van der Waals surface area contributed by atoms with Crippen molar-refractivity contribution in [1.29, 1.82) is 0 Å². The van der Waals surface area contributed by atoms with Gasteiger partial charge in [0.25, 0.3) is 5.56 Å². The molecule has 0 spiro atoms. The van der Waals surface area contributed by atoms with E-state index in [0.717, 1.165) is 21.4 Å². The highest BCUT2D eigenvalue weighted by molar-refractivity contribution is 6.39. The highest BCUT2D eigenvalue weighted by atomic mass is 16.3. The number of aromatic amines is 1. The molecular formula is C20H15N3O3. The lowest BCUT2D eigenvalue weighted by molar-refractivity contribution is 0.416. The van der Waals surface area contributed by atoms with Crippen LogP contribution in [0.5, 0.6) is 5.88 Å². The summed E-state index contributed by atoms with van der Waals surface area (Å²) in [6.07, 6.45) is 1.57. The van der Waals surface area contributed by atoms with E-state index in [2.05, 4.69) is 9.98 Å². The summed E-state index contributed by atoms with van der Waals surface area (Å²) >= 11 is 0. The molecule has 1 aliphatic heterocycles. The number of benzene rings is 2. The molecule has 4 rings (SSSR count). The standard InChI is InChI=1S/C20H15N3O3/c1-23-19(25)15(18(24)22-20(23)26)11-14-13-9-5-6-10-16(13)21-17(14)12-7-3-2-4-8-12/h2-11,25H,1H3,(H,22,24,26)/b14-11-. The third kappa shape index (κ3) is 2.48. The van der Waals surface area contributed by atoms with Crippen molar-refractivity contribution in [2.75, 3.05) is 0 Å². The highest BCUT2D eigenvalue weighted by Crippen LogP contribution is 2.38. The predicted molar refractivity (Wildman–Crippen MR) is 101 cm³/mol. The van der Waals surface area contributed by atoms with Crippen molar-refractivity contribution < 1.29 is 5.11 Å². The Morgan fingerprint density at radius 1 is 1.04 bits per heavy atom. The molecule has 0 unspecified atom stereocenters. The Labute approximate surface area is 148 Å². The second kappa shape index (κ2) is 6.00. The molecule has 26 heavy (non-hydrogen) atoms. The van der Waals surface area contributed by atoms with Crippen molar-refractivity contribution in [2.24, 2.45) is 12.0 Å². The first-order valence-electron chi connectivity index (χ1n) is 8.04.